The van der Waals surface area contributed by atoms with Crippen LogP contribution in [0.25, 0.3) is 0 Å². The summed E-state index contributed by atoms with van der Waals surface area (Å²) in [5, 5.41) is 8.83. The van der Waals surface area contributed by atoms with Crippen molar-refractivity contribution in [3.63, 3.8) is 0 Å². The van der Waals surface area contributed by atoms with E-state index in [1.807, 2.05) is 0 Å². The largest absolute Gasteiger partial charge is 0.390 e. The van der Waals surface area contributed by atoms with Gasteiger partial charge in [-0.05, 0) is 24.1 Å². The van der Waals surface area contributed by atoms with Crippen LogP contribution in [-0.2, 0) is 4.74 Å². The highest BCUT2D eigenvalue weighted by molar-refractivity contribution is 9.10. The maximum atomic E-state index is 8.83. The van der Waals surface area contributed by atoms with Crippen molar-refractivity contribution in [3.05, 3.63) is 34.3 Å². The summed E-state index contributed by atoms with van der Waals surface area (Å²) in [5.74, 6) is 0.527. The highest BCUT2D eigenvalue weighted by Gasteiger charge is 2.39. The lowest BCUT2D eigenvalue weighted by Crippen LogP contribution is -2.65. The van der Waals surface area contributed by atoms with Gasteiger partial charge >= 0.3 is 0 Å². The monoisotopic (exact) mass is 286 g/mol. The average molecular weight is 287 g/mol. The predicted molar refractivity (Wildman–Crippen MR) is 65.0 cm³/mol. The number of quaternary nitrogens is 1. The molecule has 0 aliphatic heterocycles. The molecule has 0 amide bonds. The molecule has 1 aliphatic rings. The molecule has 1 saturated carbocycles. The first-order chi connectivity index (χ1) is 7.70. The predicted octanol–water partition coefficient (Wildman–Crippen LogP) is 0.924. The van der Waals surface area contributed by atoms with E-state index in [1.54, 1.807) is 0 Å². The highest BCUT2D eigenvalue weighted by atomic mass is 79.9. The maximum Gasteiger partial charge on any atom is 0.131 e. The first-order valence-corrected chi connectivity index (χ1v) is 6.31. The Morgan fingerprint density at radius 1 is 1.44 bits per heavy atom. The van der Waals surface area contributed by atoms with E-state index in [9.17, 15) is 0 Å². The zero-order chi connectivity index (χ0) is 11.5. The van der Waals surface area contributed by atoms with E-state index in [4.69, 9.17) is 9.84 Å². The average Bonchev–Trinajstić information content (AvgIpc) is 3.06. The molecule has 0 saturated heterocycles. The van der Waals surface area contributed by atoms with Crippen LogP contribution in [0.5, 0.6) is 0 Å². The summed E-state index contributed by atoms with van der Waals surface area (Å²) in [7, 11) is 0. The molecule has 2 rings (SSSR count). The number of halogens is 1. The van der Waals surface area contributed by atoms with Gasteiger partial charge in [0.05, 0.1) is 12.7 Å². The molecular formula is C12H17BrNO2+. The minimum absolute atomic E-state index is 0.00818. The van der Waals surface area contributed by atoms with E-state index in [0.29, 0.717) is 18.6 Å². The van der Waals surface area contributed by atoms with Crippen LogP contribution in [0.3, 0.4) is 0 Å². The van der Waals surface area contributed by atoms with Crippen LogP contribution in [0.2, 0.25) is 0 Å². The lowest BCUT2D eigenvalue weighted by atomic mass is 10.1. The number of benzene rings is 1. The van der Waals surface area contributed by atoms with Crippen LogP contribution >= 0.6 is 15.9 Å². The fourth-order valence-electron chi connectivity index (χ4n) is 1.73. The van der Waals surface area contributed by atoms with Crippen molar-refractivity contribution in [2.45, 2.75) is 24.5 Å². The zero-order valence-corrected chi connectivity index (χ0v) is 10.7. The van der Waals surface area contributed by atoms with Gasteiger partial charge in [0, 0.05) is 10.4 Å². The Balaban J connectivity index is 1.80. The van der Waals surface area contributed by atoms with Gasteiger partial charge in [-0.3, -0.25) is 0 Å². The third-order valence-electron chi connectivity index (χ3n) is 2.83. The summed E-state index contributed by atoms with van der Waals surface area (Å²) in [6.07, 6.45) is 1.40. The van der Waals surface area contributed by atoms with Crippen LogP contribution in [0.1, 0.15) is 17.9 Å². The lowest BCUT2D eigenvalue weighted by molar-refractivity contribution is -0.432. The van der Waals surface area contributed by atoms with E-state index in [0.717, 1.165) is 10.9 Å². The van der Waals surface area contributed by atoms with Crippen molar-refractivity contribution in [3.8, 4) is 0 Å². The Morgan fingerprint density at radius 3 is 2.75 bits per heavy atom. The summed E-state index contributed by atoms with van der Waals surface area (Å²) in [6, 6.07) is 8.37. The molecule has 4 N–H and O–H groups in total. The van der Waals surface area contributed by atoms with Crippen molar-refractivity contribution in [1.82, 2.24) is 0 Å². The Kier molecular flexibility index (Phi) is 3.97. The first kappa shape index (κ1) is 12.0. The number of hydrogen-bond donors (Lipinski definition) is 2. The van der Waals surface area contributed by atoms with Gasteiger partial charge in [0.25, 0.3) is 0 Å². The number of aliphatic hydroxyl groups excluding tert-OH is 1. The molecule has 1 unspecified atom stereocenters. The molecule has 16 heavy (non-hydrogen) atoms. The Morgan fingerprint density at radius 2 is 2.12 bits per heavy atom. The molecule has 0 spiro atoms. The van der Waals surface area contributed by atoms with Gasteiger partial charge in [0.1, 0.15) is 12.6 Å². The molecule has 0 radical (unpaired) electrons. The molecule has 4 heteroatoms. The quantitative estimate of drug-likeness (QED) is 0.846. The van der Waals surface area contributed by atoms with Gasteiger partial charge in [0.2, 0.25) is 0 Å². The second kappa shape index (κ2) is 5.27. The third kappa shape index (κ3) is 3.04. The van der Waals surface area contributed by atoms with Crippen molar-refractivity contribution in [2.24, 2.45) is 0 Å². The minimum Gasteiger partial charge on any atom is -0.390 e. The minimum atomic E-state index is -0.00818. The molecule has 0 bridgehead atoms. The van der Waals surface area contributed by atoms with Crippen LogP contribution < -0.4 is 5.73 Å². The van der Waals surface area contributed by atoms with Crippen molar-refractivity contribution in [1.29, 1.82) is 0 Å². The molecule has 0 aromatic heterocycles. The van der Waals surface area contributed by atoms with E-state index >= 15 is 0 Å². The normalized spacial score (nSPS) is 25.4. The Hall–Kier alpha value is -0.420. The van der Waals surface area contributed by atoms with Crippen molar-refractivity contribution >= 4 is 15.9 Å². The molecule has 1 fully saturated rings. The summed E-state index contributed by atoms with van der Waals surface area (Å²) >= 11 is 3.42. The van der Waals surface area contributed by atoms with E-state index in [1.165, 1.54) is 5.56 Å². The number of ether oxygens (including phenoxy) is 1. The number of hydrogen-bond acceptors (Lipinski definition) is 2. The van der Waals surface area contributed by atoms with Crippen molar-refractivity contribution < 1.29 is 15.6 Å². The maximum absolute atomic E-state index is 8.83. The fourth-order valence-corrected chi connectivity index (χ4v) is 1.99. The van der Waals surface area contributed by atoms with E-state index < -0.39 is 0 Å². The van der Waals surface area contributed by atoms with Crippen molar-refractivity contribution in [2.75, 3.05) is 13.2 Å². The fraction of sp³-hybridized carbons (Fsp3) is 0.500. The van der Waals surface area contributed by atoms with Gasteiger partial charge in [-0.15, -0.1) is 0 Å². The van der Waals surface area contributed by atoms with Gasteiger partial charge < -0.3 is 15.6 Å². The lowest BCUT2D eigenvalue weighted by Gasteiger charge is -2.06. The second-order valence-electron chi connectivity index (χ2n) is 4.31. The topological polar surface area (TPSA) is 57.1 Å². The molecule has 1 aromatic rings. The molecule has 1 aromatic carbocycles. The van der Waals surface area contributed by atoms with Gasteiger partial charge in [-0.2, -0.15) is 0 Å². The SMILES string of the molecule is [NH3+]C(CO)CO[C@@H]1C[C@H]1c1ccc(Br)cc1. The smallest absolute Gasteiger partial charge is 0.131 e. The van der Waals surface area contributed by atoms with Crippen LogP contribution in [-0.4, -0.2) is 30.5 Å². The Labute approximate surface area is 104 Å². The van der Waals surface area contributed by atoms with Crippen LogP contribution in [0.15, 0.2) is 28.7 Å². The zero-order valence-electron chi connectivity index (χ0n) is 9.10. The summed E-state index contributed by atoms with van der Waals surface area (Å²) < 4.78 is 6.77. The molecular weight excluding hydrogens is 270 g/mol. The van der Waals surface area contributed by atoms with E-state index in [2.05, 4.69) is 45.9 Å². The van der Waals surface area contributed by atoms with Gasteiger partial charge in [-0.1, -0.05) is 28.1 Å². The van der Waals surface area contributed by atoms with Gasteiger partial charge in [-0.25, -0.2) is 0 Å². The summed E-state index contributed by atoms with van der Waals surface area (Å²) in [6.45, 7) is 0.643. The molecule has 0 heterocycles. The van der Waals surface area contributed by atoms with E-state index in [-0.39, 0.29) is 12.6 Å². The molecule has 1 aliphatic carbocycles. The number of aliphatic hydroxyl groups is 1. The third-order valence-corrected chi connectivity index (χ3v) is 3.36. The number of rotatable bonds is 5. The molecule has 3 nitrogen and oxygen atoms in total. The van der Waals surface area contributed by atoms with Crippen LogP contribution in [0, 0.1) is 0 Å². The highest BCUT2D eigenvalue weighted by Crippen LogP contribution is 2.43. The van der Waals surface area contributed by atoms with Crippen LogP contribution in [0.4, 0.5) is 0 Å². The summed E-state index contributed by atoms with van der Waals surface area (Å²) in [5.41, 5.74) is 5.12. The van der Waals surface area contributed by atoms with Gasteiger partial charge in [0.15, 0.2) is 0 Å². The Bertz CT molecular complexity index is 341. The molecule has 3 atom stereocenters. The summed E-state index contributed by atoms with van der Waals surface area (Å²) in [4.78, 5) is 0. The standard InChI is InChI=1S/C12H16BrNO2/c13-9-3-1-8(2-4-9)11-5-12(11)16-7-10(14)6-15/h1-4,10-12,15H,5-7,14H2/p+1/t10?,11-,12+/m0/s1. The first-order valence-electron chi connectivity index (χ1n) is 5.51. The molecule has 88 valence electrons. The second-order valence-corrected chi connectivity index (χ2v) is 5.23.